The second-order valence-corrected chi connectivity index (χ2v) is 10.8. The fraction of sp³-hybridized carbons (Fsp3) is 0.364. The third-order valence-electron chi connectivity index (χ3n) is 5.58. The lowest BCUT2D eigenvalue weighted by atomic mass is 10.2. The molecule has 7 nitrogen and oxygen atoms in total. The molecule has 1 saturated heterocycles. The Balaban J connectivity index is 1.58. The van der Waals surface area contributed by atoms with E-state index in [1.807, 2.05) is 0 Å². The first-order valence-corrected chi connectivity index (χ1v) is 13.0. The summed E-state index contributed by atoms with van der Waals surface area (Å²) >= 11 is 1.26. The van der Waals surface area contributed by atoms with Crippen LogP contribution in [0.5, 0.6) is 0 Å². The van der Waals surface area contributed by atoms with Gasteiger partial charge in [0, 0.05) is 24.1 Å². The van der Waals surface area contributed by atoms with Gasteiger partial charge >= 0.3 is 0 Å². The van der Waals surface area contributed by atoms with Gasteiger partial charge in [0.2, 0.25) is 21.8 Å². The van der Waals surface area contributed by atoms with Crippen LogP contribution < -0.4 is 10.2 Å². The molecular weight excluding hydrogens is 472 g/mol. The van der Waals surface area contributed by atoms with Gasteiger partial charge in [0.05, 0.1) is 22.0 Å². The molecule has 0 aliphatic carbocycles. The van der Waals surface area contributed by atoms with Gasteiger partial charge in [0.25, 0.3) is 0 Å². The maximum atomic E-state index is 13.9. The predicted molar refractivity (Wildman–Crippen MR) is 122 cm³/mol. The molecule has 2 aliphatic heterocycles. The van der Waals surface area contributed by atoms with E-state index >= 15 is 0 Å². The molecule has 0 saturated carbocycles. The highest BCUT2D eigenvalue weighted by atomic mass is 32.2. The maximum Gasteiger partial charge on any atom is 0.244 e. The molecule has 1 N–H and O–H groups in total. The Morgan fingerprint density at radius 3 is 2.45 bits per heavy atom. The molecular formula is C22H23F2N3O4S2. The molecule has 0 atom stereocenters. The third kappa shape index (κ3) is 5.20. The molecule has 2 aromatic carbocycles. The SMILES string of the molecule is O=C(CN1C(=O)CSc2ccc(S(=O)(=O)N3CCCCCC3)cc21)Nc1ccc(F)cc1F. The first-order valence-electron chi connectivity index (χ1n) is 10.6. The number of thioether (sulfide) groups is 1. The van der Waals surface area contributed by atoms with Crippen LogP contribution in [0.1, 0.15) is 25.7 Å². The summed E-state index contributed by atoms with van der Waals surface area (Å²) in [5, 5.41) is 2.33. The minimum Gasteiger partial charge on any atom is -0.322 e. The van der Waals surface area contributed by atoms with Crippen molar-refractivity contribution in [2.24, 2.45) is 0 Å². The molecule has 2 amide bonds. The molecule has 176 valence electrons. The molecule has 11 heteroatoms. The minimum absolute atomic E-state index is 0.0634. The van der Waals surface area contributed by atoms with Crippen LogP contribution in [0.2, 0.25) is 0 Å². The first kappa shape index (κ1) is 23.7. The molecule has 2 heterocycles. The maximum absolute atomic E-state index is 13.9. The summed E-state index contributed by atoms with van der Waals surface area (Å²) in [7, 11) is -3.75. The summed E-state index contributed by atoms with van der Waals surface area (Å²) in [6.45, 7) is 0.460. The molecule has 0 aromatic heterocycles. The van der Waals surface area contributed by atoms with Gasteiger partial charge in [0.15, 0.2) is 0 Å². The van der Waals surface area contributed by atoms with Gasteiger partial charge in [-0.3, -0.25) is 9.59 Å². The first-order chi connectivity index (χ1) is 15.8. The van der Waals surface area contributed by atoms with Crippen molar-refractivity contribution in [3.05, 3.63) is 48.0 Å². The van der Waals surface area contributed by atoms with Gasteiger partial charge in [-0.2, -0.15) is 4.31 Å². The molecule has 0 spiro atoms. The monoisotopic (exact) mass is 495 g/mol. The van der Waals surface area contributed by atoms with Gasteiger partial charge in [-0.05, 0) is 43.2 Å². The second-order valence-electron chi connectivity index (χ2n) is 7.89. The molecule has 1 fully saturated rings. The molecule has 4 rings (SSSR count). The summed E-state index contributed by atoms with van der Waals surface area (Å²) in [6.07, 6.45) is 3.56. The average Bonchev–Trinajstić information content (AvgIpc) is 3.08. The predicted octanol–water partition coefficient (Wildman–Crippen LogP) is 3.61. The van der Waals surface area contributed by atoms with E-state index in [9.17, 15) is 26.8 Å². The fourth-order valence-corrected chi connectivity index (χ4v) is 6.32. The van der Waals surface area contributed by atoms with E-state index in [-0.39, 0.29) is 22.2 Å². The molecule has 33 heavy (non-hydrogen) atoms. The largest absolute Gasteiger partial charge is 0.322 e. The number of fused-ring (bicyclic) bond motifs is 1. The van der Waals surface area contributed by atoms with Crippen LogP contribution in [0, 0.1) is 11.6 Å². The van der Waals surface area contributed by atoms with Crippen molar-refractivity contribution in [2.75, 3.05) is 35.6 Å². The van der Waals surface area contributed by atoms with E-state index in [0.29, 0.717) is 29.7 Å². The highest BCUT2D eigenvalue weighted by Crippen LogP contribution is 2.37. The number of sulfonamides is 1. The molecule has 0 bridgehead atoms. The van der Waals surface area contributed by atoms with Crippen LogP contribution in [-0.2, 0) is 19.6 Å². The highest BCUT2D eigenvalue weighted by molar-refractivity contribution is 8.00. The number of nitrogens with zero attached hydrogens (tertiary/aromatic N) is 2. The van der Waals surface area contributed by atoms with Crippen molar-refractivity contribution in [3.8, 4) is 0 Å². The summed E-state index contributed by atoms with van der Waals surface area (Å²) in [5.41, 5.74) is 0.111. The Bertz CT molecular complexity index is 1180. The number of carbonyl (C=O) groups excluding carboxylic acids is 2. The van der Waals surface area contributed by atoms with Crippen molar-refractivity contribution in [3.63, 3.8) is 0 Å². The van der Waals surface area contributed by atoms with Gasteiger partial charge in [-0.25, -0.2) is 17.2 Å². The number of halogens is 2. The number of carbonyl (C=O) groups is 2. The number of rotatable bonds is 5. The number of amides is 2. The summed E-state index contributed by atoms with van der Waals surface area (Å²) in [6, 6.07) is 7.33. The van der Waals surface area contributed by atoms with Gasteiger partial charge in [-0.1, -0.05) is 12.8 Å². The number of benzene rings is 2. The van der Waals surface area contributed by atoms with Gasteiger partial charge < -0.3 is 10.2 Å². The van der Waals surface area contributed by atoms with E-state index in [0.717, 1.165) is 37.8 Å². The van der Waals surface area contributed by atoms with E-state index in [4.69, 9.17) is 0 Å². The van der Waals surface area contributed by atoms with Crippen LogP contribution in [0.4, 0.5) is 20.2 Å². The fourth-order valence-electron chi connectivity index (χ4n) is 3.87. The summed E-state index contributed by atoms with van der Waals surface area (Å²) in [5.74, 6) is -2.68. The van der Waals surface area contributed by atoms with Crippen molar-refractivity contribution in [1.82, 2.24) is 4.31 Å². The number of anilines is 2. The lowest BCUT2D eigenvalue weighted by molar-refractivity contribution is -0.120. The Hall–Kier alpha value is -2.50. The number of hydrogen-bond acceptors (Lipinski definition) is 5. The van der Waals surface area contributed by atoms with Crippen LogP contribution in [0.3, 0.4) is 0 Å². The second kappa shape index (κ2) is 9.78. The Kier molecular flexibility index (Phi) is 7.01. The number of hydrogen-bond donors (Lipinski definition) is 1. The smallest absolute Gasteiger partial charge is 0.244 e. The van der Waals surface area contributed by atoms with Crippen LogP contribution in [-0.4, -0.2) is 49.9 Å². The van der Waals surface area contributed by atoms with Crippen LogP contribution >= 0.6 is 11.8 Å². The van der Waals surface area contributed by atoms with Crippen LogP contribution in [0.15, 0.2) is 46.2 Å². The molecule has 0 unspecified atom stereocenters. The van der Waals surface area contributed by atoms with Crippen molar-refractivity contribution in [1.29, 1.82) is 0 Å². The van der Waals surface area contributed by atoms with Gasteiger partial charge in [0.1, 0.15) is 18.2 Å². The van der Waals surface area contributed by atoms with Crippen LogP contribution in [0.25, 0.3) is 0 Å². The quantitative estimate of drug-likeness (QED) is 0.685. The van der Waals surface area contributed by atoms with Crippen molar-refractivity contribution >= 4 is 45.0 Å². The van der Waals surface area contributed by atoms with E-state index < -0.39 is 34.1 Å². The lowest BCUT2D eigenvalue weighted by Crippen LogP contribution is -2.41. The van der Waals surface area contributed by atoms with Crippen molar-refractivity contribution < 1.29 is 26.8 Å². The zero-order chi connectivity index (χ0) is 23.6. The normalized spacial score (nSPS) is 17.4. The van der Waals surface area contributed by atoms with E-state index in [1.165, 1.54) is 33.1 Å². The molecule has 0 radical (unpaired) electrons. The lowest BCUT2D eigenvalue weighted by Gasteiger charge is -2.29. The Labute approximate surface area is 195 Å². The van der Waals surface area contributed by atoms with Gasteiger partial charge in [-0.15, -0.1) is 11.8 Å². The third-order valence-corrected chi connectivity index (χ3v) is 8.53. The Morgan fingerprint density at radius 1 is 1.03 bits per heavy atom. The zero-order valence-corrected chi connectivity index (χ0v) is 19.4. The minimum atomic E-state index is -3.75. The molecule has 2 aliphatic rings. The van der Waals surface area contributed by atoms with E-state index in [2.05, 4.69) is 5.32 Å². The topological polar surface area (TPSA) is 86.8 Å². The summed E-state index contributed by atoms with van der Waals surface area (Å²) in [4.78, 5) is 27.1. The highest BCUT2D eigenvalue weighted by Gasteiger charge is 2.31. The Morgan fingerprint density at radius 2 is 1.76 bits per heavy atom. The summed E-state index contributed by atoms with van der Waals surface area (Å²) < 4.78 is 54.9. The van der Waals surface area contributed by atoms with E-state index in [1.54, 1.807) is 6.07 Å². The zero-order valence-electron chi connectivity index (χ0n) is 17.7. The molecule has 2 aromatic rings. The average molecular weight is 496 g/mol. The van der Waals surface area contributed by atoms with Crippen molar-refractivity contribution in [2.45, 2.75) is 35.5 Å². The standard InChI is InChI=1S/C22H23F2N3O4S2/c23-15-5-7-18(17(24)11-15)25-21(28)13-27-19-12-16(6-8-20(19)32-14-22(27)29)33(30,31)26-9-3-1-2-4-10-26/h5-8,11-12H,1-4,9-10,13-14H2,(H,25,28). The number of nitrogens with one attached hydrogen (secondary N) is 1.